The number of para-hydroxylation sites is 1. The van der Waals surface area contributed by atoms with Crippen LogP contribution in [0, 0.1) is 0 Å². The summed E-state index contributed by atoms with van der Waals surface area (Å²) in [5, 5.41) is 10.4. The van der Waals surface area contributed by atoms with E-state index in [1.54, 1.807) is 18.3 Å². The quantitative estimate of drug-likeness (QED) is 0.934. The van der Waals surface area contributed by atoms with Crippen molar-refractivity contribution < 1.29 is 4.79 Å². The van der Waals surface area contributed by atoms with Gasteiger partial charge in [-0.2, -0.15) is 5.10 Å². The van der Waals surface area contributed by atoms with Crippen molar-refractivity contribution in [1.29, 1.82) is 0 Å². The summed E-state index contributed by atoms with van der Waals surface area (Å²) >= 11 is 0. The minimum atomic E-state index is -0.0291. The van der Waals surface area contributed by atoms with Gasteiger partial charge in [0.2, 0.25) is 5.91 Å². The van der Waals surface area contributed by atoms with E-state index in [4.69, 9.17) is 0 Å². The Morgan fingerprint density at radius 2 is 2.14 bits per heavy atom. The van der Waals surface area contributed by atoms with Crippen LogP contribution in [-0.2, 0) is 11.2 Å². The summed E-state index contributed by atoms with van der Waals surface area (Å²) in [6.45, 7) is 1.73. The van der Waals surface area contributed by atoms with Gasteiger partial charge in [0.1, 0.15) is 0 Å². The summed E-state index contributed by atoms with van der Waals surface area (Å²) in [5.74, 6) is 0.472. The van der Waals surface area contributed by atoms with E-state index in [1.807, 2.05) is 0 Å². The van der Waals surface area contributed by atoms with Gasteiger partial charge in [-0.05, 0) is 36.6 Å². The lowest BCUT2D eigenvalue weighted by Gasteiger charge is -2.31. The highest BCUT2D eigenvalue weighted by Crippen LogP contribution is 2.26. The second-order valence-electron chi connectivity index (χ2n) is 5.13. The highest BCUT2D eigenvalue weighted by Gasteiger charge is 2.16. The van der Waals surface area contributed by atoms with E-state index in [1.165, 1.54) is 11.3 Å². The van der Waals surface area contributed by atoms with Gasteiger partial charge < -0.3 is 10.2 Å². The molecule has 108 valence electrons. The van der Waals surface area contributed by atoms with E-state index in [0.717, 1.165) is 25.9 Å². The normalized spacial score (nSPS) is 13.6. The zero-order valence-electron chi connectivity index (χ0n) is 11.8. The van der Waals surface area contributed by atoms with Crippen LogP contribution in [0.1, 0.15) is 18.4 Å². The number of carbonyl (C=O) groups excluding carboxylic acids is 1. The first-order valence-corrected chi connectivity index (χ1v) is 7.23. The lowest BCUT2D eigenvalue weighted by Crippen LogP contribution is -2.32. The fraction of sp³-hybridized carbons (Fsp3) is 0.312. The van der Waals surface area contributed by atoms with Gasteiger partial charge in [-0.3, -0.25) is 4.79 Å². The molecular formula is C16H18N4O. The van der Waals surface area contributed by atoms with Gasteiger partial charge in [0.05, 0.1) is 0 Å². The van der Waals surface area contributed by atoms with Crippen molar-refractivity contribution in [2.24, 2.45) is 0 Å². The summed E-state index contributed by atoms with van der Waals surface area (Å²) in [6, 6.07) is 11.9. The Kier molecular flexibility index (Phi) is 4.09. The second kappa shape index (κ2) is 6.35. The highest BCUT2D eigenvalue weighted by atomic mass is 16.1. The summed E-state index contributed by atoms with van der Waals surface area (Å²) in [7, 11) is 0. The van der Waals surface area contributed by atoms with Crippen LogP contribution in [0.5, 0.6) is 0 Å². The maximum absolute atomic E-state index is 12.0. The Labute approximate surface area is 124 Å². The van der Waals surface area contributed by atoms with E-state index in [2.05, 4.69) is 44.7 Å². The number of anilines is 2. The number of hydrogen-bond donors (Lipinski definition) is 1. The molecule has 5 nitrogen and oxygen atoms in total. The highest BCUT2D eigenvalue weighted by molar-refractivity contribution is 5.90. The predicted octanol–water partition coefficient (Wildman–Crippen LogP) is 2.26. The summed E-state index contributed by atoms with van der Waals surface area (Å²) in [6.07, 6.45) is 4.30. The predicted molar refractivity (Wildman–Crippen MR) is 82.3 cm³/mol. The molecule has 1 aromatic carbocycles. The van der Waals surface area contributed by atoms with E-state index in [9.17, 15) is 4.79 Å². The van der Waals surface area contributed by atoms with Crippen LogP contribution in [0.2, 0.25) is 0 Å². The maximum Gasteiger partial charge on any atom is 0.227 e. The molecule has 0 spiro atoms. The molecule has 1 amide bonds. The topological polar surface area (TPSA) is 58.1 Å². The first-order chi connectivity index (χ1) is 10.3. The Bertz CT molecular complexity index is 615. The van der Waals surface area contributed by atoms with Crippen molar-refractivity contribution in [2.45, 2.75) is 19.3 Å². The number of carbonyl (C=O) groups is 1. The van der Waals surface area contributed by atoms with Crippen molar-refractivity contribution >= 4 is 17.4 Å². The van der Waals surface area contributed by atoms with Crippen molar-refractivity contribution in [3.63, 3.8) is 0 Å². The first-order valence-electron chi connectivity index (χ1n) is 7.23. The zero-order valence-corrected chi connectivity index (χ0v) is 11.8. The minimum absolute atomic E-state index is 0.0291. The van der Waals surface area contributed by atoms with Crippen LogP contribution in [0.15, 0.2) is 42.6 Å². The Morgan fingerprint density at radius 1 is 1.24 bits per heavy atom. The average molecular weight is 282 g/mol. The summed E-state index contributed by atoms with van der Waals surface area (Å²) in [4.78, 5) is 14.2. The van der Waals surface area contributed by atoms with Crippen LogP contribution in [0.25, 0.3) is 0 Å². The molecule has 0 aliphatic carbocycles. The third-order valence-electron chi connectivity index (χ3n) is 3.66. The molecule has 3 rings (SSSR count). The number of fused-ring (bicyclic) bond motifs is 1. The van der Waals surface area contributed by atoms with Crippen molar-refractivity contribution in [1.82, 2.24) is 10.2 Å². The van der Waals surface area contributed by atoms with Crippen LogP contribution in [0.4, 0.5) is 11.5 Å². The largest absolute Gasteiger partial charge is 0.371 e. The molecule has 2 heterocycles. The second-order valence-corrected chi connectivity index (χ2v) is 5.13. The smallest absolute Gasteiger partial charge is 0.227 e. The monoisotopic (exact) mass is 282 g/mol. The number of benzene rings is 1. The number of nitrogens with one attached hydrogen (secondary N) is 1. The number of aryl methyl sites for hydroxylation is 1. The molecule has 1 aromatic heterocycles. The Hall–Kier alpha value is -2.43. The van der Waals surface area contributed by atoms with Crippen LogP contribution < -0.4 is 10.2 Å². The molecule has 0 radical (unpaired) electrons. The van der Waals surface area contributed by atoms with Gasteiger partial charge in [-0.15, -0.1) is 5.10 Å². The molecule has 1 N–H and O–H groups in total. The van der Waals surface area contributed by atoms with Crippen LogP contribution in [-0.4, -0.2) is 29.2 Å². The van der Waals surface area contributed by atoms with Crippen molar-refractivity contribution in [2.75, 3.05) is 23.3 Å². The number of hydrogen-bond acceptors (Lipinski definition) is 4. The SMILES string of the molecule is O=C(CCN1CCCc2ccccc21)Nc1cccnn1. The molecule has 0 bridgehead atoms. The zero-order chi connectivity index (χ0) is 14.5. The third kappa shape index (κ3) is 3.37. The molecule has 2 aromatic rings. The molecule has 1 aliphatic rings. The fourth-order valence-corrected chi connectivity index (χ4v) is 2.65. The molecule has 0 saturated carbocycles. The number of amides is 1. The molecule has 1 aliphatic heterocycles. The molecule has 0 atom stereocenters. The van der Waals surface area contributed by atoms with E-state index in [-0.39, 0.29) is 5.91 Å². The molecule has 5 heteroatoms. The van der Waals surface area contributed by atoms with E-state index < -0.39 is 0 Å². The lowest BCUT2D eigenvalue weighted by molar-refractivity contribution is -0.116. The molecule has 0 unspecified atom stereocenters. The molecule has 0 fully saturated rings. The van der Waals surface area contributed by atoms with Gasteiger partial charge >= 0.3 is 0 Å². The molecular weight excluding hydrogens is 264 g/mol. The molecule has 0 saturated heterocycles. The van der Waals surface area contributed by atoms with Crippen LogP contribution >= 0.6 is 0 Å². The lowest BCUT2D eigenvalue weighted by atomic mass is 10.0. The van der Waals surface area contributed by atoms with Gasteiger partial charge in [-0.25, -0.2) is 0 Å². The minimum Gasteiger partial charge on any atom is -0.371 e. The summed E-state index contributed by atoms with van der Waals surface area (Å²) < 4.78 is 0. The van der Waals surface area contributed by atoms with Gasteiger partial charge in [0, 0.05) is 31.4 Å². The first kappa shape index (κ1) is 13.5. The van der Waals surface area contributed by atoms with Crippen LogP contribution in [0.3, 0.4) is 0 Å². The van der Waals surface area contributed by atoms with E-state index in [0.29, 0.717) is 12.2 Å². The van der Waals surface area contributed by atoms with Gasteiger partial charge in [-0.1, -0.05) is 18.2 Å². The fourth-order valence-electron chi connectivity index (χ4n) is 2.65. The van der Waals surface area contributed by atoms with Gasteiger partial charge in [0.15, 0.2) is 5.82 Å². The van der Waals surface area contributed by atoms with Crippen molar-refractivity contribution in [3.8, 4) is 0 Å². The standard InChI is InChI=1S/C16H18N4O/c21-16(18-15-8-3-10-17-19-15)9-12-20-11-4-6-13-5-1-2-7-14(13)20/h1-3,5,7-8,10H,4,6,9,11-12H2,(H,18,19,21). The number of rotatable bonds is 4. The van der Waals surface area contributed by atoms with E-state index >= 15 is 0 Å². The number of nitrogens with zero attached hydrogens (tertiary/aromatic N) is 3. The summed E-state index contributed by atoms with van der Waals surface area (Å²) in [5.41, 5.74) is 2.63. The Balaban J connectivity index is 1.57. The third-order valence-corrected chi connectivity index (χ3v) is 3.66. The van der Waals surface area contributed by atoms with Crippen molar-refractivity contribution in [3.05, 3.63) is 48.2 Å². The Morgan fingerprint density at radius 3 is 3.00 bits per heavy atom. The maximum atomic E-state index is 12.0. The average Bonchev–Trinajstić information content (AvgIpc) is 2.54. The molecule has 21 heavy (non-hydrogen) atoms. The number of aromatic nitrogens is 2. The van der Waals surface area contributed by atoms with Gasteiger partial charge in [0.25, 0.3) is 0 Å².